The summed E-state index contributed by atoms with van der Waals surface area (Å²) in [5.41, 5.74) is 4.34. The Kier molecular flexibility index (Phi) is 4.25. The Balaban J connectivity index is 1.81. The number of amides is 1. The number of hydrogen-bond acceptors (Lipinski definition) is 3. The first-order valence-corrected chi connectivity index (χ1v) is 8.01. The molecule has 0 aliphatic carbocycles. The minimum absolute atomic E-state index is 0.131. The lowest BCUT2D eigenvalue weighted by atomic mass is 10.1. The van der Waals surface area contributed by atoms with Crippen LogP contribution in [0.2, 0.25) is 0 Å². The van der Waals surface area contributed by atoms with Crippen LogP contribution >= 0.6 is 0 Å². The molecule has 3 aromatic rings. The predicted octanol–water partition coefficient (Wildman–Crippen LogP) is 3.94. The van der Waals surface area contributed by atoms with Gasteiger partial charge in [-0.15, -0.1) is 0 Å². The summed E-state index contributed by atoms with van der Waals surface area (Å²) in [4.78, 5) is 18.9. The van der Waals surface area contributed by atoms with Crippen LogP contribution < -0.4 is 10.2 Å². The van der Waals surface area contributed by atoms with E-state index < -0.39 is 0 Å². The Labute approximate surface area is 141 Å². The summed E-state index contributed by atoms with van der Waals surface area (Å²) in [6.45, 7) is 4.22. The first-order valence-electron chi connectivity index (χ1n) is 8.01. The largest absolute Gasteiger partial charge is 0.378 e. The van der Waals surface area contributed by atoms with Crippen LogP contribution in [-0.4, -0.2) is 29.6 Å². The van der Waals surface area contributed by atoms with Crippen LogP contribution in [0, 0.1) is 0 Å². The maximum atomic E-state index is 12.5. The Morgan fingerprint density at radius 2 is 1.83 bits per heavy atom. The van der Waals surface area contributed by atoms with E-state index >= 15 is 0 Å². The Bertz CT molecular complexity index is 863. The first kappa shape index (κ1) is 16.1. The molecular formula is C19H22N4O. The standard InChI is InChI=1S/C19H22N4O/c1-13(2)23-12-20-17-11-14(5-10-18(17)23)19(24)21-15-6-8-16(9-7-15)22(3)4/h5-13H,1-4H3,(H,21,24). The smallest absolute Gasteiger partial charge is 0.255 e. The molecule has 0 saturated heterocycles. The van der Waals surface area contributed by atoms with Gasteiger partial charge in [-0.25, -0.2) is 4.98 Å². The topological polar surface area (TPSA) is 50.2 Å². The number of hydrogen-bond donors (Lipinski definition) is 1. The molecule has 1 N–H and O–H groups in total. The fraction of sp³-hybridized carbons (Fsp3) is 0.263. The van der Waals surface area contributed by atoms with Crippen molar-refractivity contribution in [3.63, 3.8) is 0 Å². The molecule has 0 saturated carbocycles. The molecular weight excluding hydrogens is 300 g/mol. The average Bonchev–Trinajstić information content (AvgIpc) is 2.98. The van der Waals surface area contributed by atoms with E-state index in [2.05, 4.69) is 28.7 Å². The van der Waals surface area contributed by atoms with Crippen LogP contribution in [0.15, 0.2) is 48.8 Å². The summed E-state index contributed by atoms with van der Waals surface area (Å²) in [5, 5.41) is 2.93. The van der Waals surface area contributed by atoms with Gasteiger partial charge in [0.2, 0.25) is 0 Å². The number of carbonyl (C=O) groups excluding carboxylic acids is 1. The van der Waals surface area contributed by atoms with E-state index in [0.717, 1.165) is 22.4 Å². The third-order valence-electron chi connectivity index (χ3n) is 4.03. The van der Waals surface area contributed by atoms with Crippen molar-refractivity contribution in [1.29, 1.82) is 0 Å². The highest BCUT2D eigenvalue weighted by Crippen LogP contribution is 2.20. The molecule has 0 spiro atoms. The lowest BCUT2D eigenvalue weighted by molar-refractivity contribution is 0.102. The molecule has 1 amide bonds. The maximum Gasteiger partial charge on any atom is 0.255 e. The van der Waals surface area contributed by atoms with Gasteiger partial charge in [-0.3, -0.25) is 4.79 Å². The zero-order valence-electron chi connectivity index (χ0n) is 14.4. The van der Waals surface area contributed by atoms with Gasteiger partial charge >= 0.3 is 0 Å². The van der Waals surface area contributed by atoms with Gasteiger partial charge in [0.1, 0.15) is 0 Å². The molecule has 1 aromatic heterocycles. The van der Waals surface area contributed by atoms with Crippen LogP contribution in [0.1, 0.15) is 30.2 Å². The van der Waals surface area contributed by atoms with E-state index in [-0.39, 0.29) is 5.91 Å². The van der Waals surface area contributed by atoms with Crippen molar-refractivity contribution < 1.29 is 4.79 Å². The number of imidazole rings is 1. The van der Waals surface area contributed by atoms with E-state index in [0.29, 0.717) is 11.6 Å². The molecule has 0 atom stereocenters. The highest BCUT2D eigenvalue weighted by Gasteiger charge is 2.11. The summed E-state index contributed by atoms with van der Waals surface area (Å²) in [6, 6.07) is 13.7. The monoisotopic (exact) mass is 322 g/mol. The lowest BCUT2D eigenvalue weighted by Crippen LogP contribution is -2.12. The highest BCUT2D eigenvalue weighted by molar-refractivity contribution is 6.06. The van der Waals surface area contributed by atoms with Gasteiger partial charge in [-0.2, -0.15) is 0 Å². The van der Waals surface area contributed by atoms with Gasteiger partial charge < -0.3 is 14.8 Å². The number of benzene rings is 2. The van der Waals surface area contributed by atoms with Gasteiger partial charge in [-0.1, -0.05) is 0 Å². The minimum Gasteiger partial charge on any atom is -0.378 e. The highest BCUT2D eigenvalue weighted by atomic mass is 16.1. The number of carbonyl (C=O) groups is 1. The average molecular weight is 322 g/mol. The molecule has 2 aromatic carbocycles. The number of rotatable bonds is 4. The third kappa shape index (κ3) is 3.11. The van der Waals surface area contributed by atoms with E-state index in [9.17, 15) is 4.79 Å². The van der Waals surface area contributed by atoms with Crippen LogP contribution in [-0.2, 0) is 0 Å². The van der Waals surface area contributed by atoms with Crippen molar-refractivity contribution in [3.05, 3.63) is 54.4 Å². The van der Waals surface area contributed by atoms with Gasteiger partial charge in [-0.05, 0) is 56.3 Å². The molecule has 24 heavy (non-hydrogen) atoms. The fourth-order valence-corrected chi connectivity index (χ4v) is 2.63. The molecule has 0 fully saturated rings. The number of anilines is 2. The second kappa shape index (κ2) is 6.35. The van der Waals surface area contributed by atoms with Crippen LogP contribution in [0.25, 0.3) is 11.0 Å². The normalized spacial score (nSPS) is 11.0. The van der Waals surface area contributed by atoms with Gasteiger partial charge in [0.15, 0.2) is 0 Å². The van der Waals surface area contributed by atoms with E-state index in [1.807, 2.05) is 67.8 Å². The van der Waals surface area contributed by atoms with E-state index in [1.165, 1.54) is 0 Å². The van der Waals surface area contributed by atoms with Crippen LogP contribution in [0.4, 0.5) is 11.4 Å². The zero-order valence-corrected chi connectivity index (χ0v) is 14.4. The van der Waals surface area contributed by atoms with Crippen molar-refractivity contribution in [2.24, 2.45) is 0 Å². The molecule has 3 rings (SSSR count). The second-order valence-electron chi connectivity index (χ2n) is 6.34. The lowest BCUT2D eigenvalue weighted by Gasteiger charge is -2.13. The number of nitrogens with zero attached hydrogens (tertiary/aromatic N) is 3. The first-order chi connectivity index (χ1) is 11.5. The Morgan fingerprint density at radius 1 is 1.12 bits per heavy atom. The van der Waals surface area contributed by atoms with Crippen molar-refractivity contribution >= 4 is 28.3 Å². The Morgan fingerprint density at radius 3 is 2.46 bits per heavy atom. The quantitative estimate of drug-likeness (QED) is 0.791. The van der Waals surface area contributed by atoms with Crippen molar-refractivity contribution in [2.45, 2.75) is 19.9 Å². The molecule has 124 valence electrons. The molecule has 5 heteroatoms. The van der Waals surface area contributed by atoms with Gasteiger partial charge in [0.05, 0.1) is 17.4 Å². The molecule has 0 aliphatic rings. The Hall–Kier alpha value is -2.82. The predicted molar refractivity (Wildman–Crippen MR) is 98.8 cm³/mol. The number of fused-ring (bicyclic) bond motifs is 1. The minimum atomic E-state index is -0.131. The SMILES string of the molecule is CC(C)n1cnc2cc(C(=O)Nc3ccc(N(C)C)cc3)ccc21. The van der Waals surface area contributed by atoms with E-state index in [4.69, 9.17) is 0 Å². The summed E-state index contributed by atoms with van der Waals surface area (Å²) in [5.74, 6) is -0.131. The van der Waals surface area contributed by atoms with Crippen molar-refractivity contribution in [2.75, 3.05) is 24.3 Å². The molecule has 0 unspecified atom stereocenters. The van der Waals surface area contributed by atoms with E-state index in [1.54, 1.807) is 0 Å². The van der Waals surface area contributed by atoms with Gasteiger partial charge in [0, 0.05) is 37.1 Å². The summed E-state index contributed by atoms with van der Waals surface area (Å²) < 4.78 is 2.09. The van der Waals surface area contributed by atoms with Crippen molar-refractivity contribution in [1.82, 2.24) is 9.55 Å². The maximum absolute atomic E-state index is 12.5. The van der Waals surface area contributed by atoms with Crippen molar-refractivity contribution in [3.8, 4) is 0 Å². The number of nitrogens with one attached hydrogen (secondary N) is 1. The second-order valence-corrected chi connectivity index (χ2v) is 6.34. The molecule has 0 radical (unpaired) electrons. The fourth-order valence-electron chi connectivity index (χ4n) is 2.63. The molecule has 0 bridgehead atoms. The molecule has 0 aliphatic heterocycles. The zero-order chi connectivity index (χ0) is 17.3. The third-order valence-corrected chi connectivity index (χ3v) is 4.03. The van der Waals surface area contributed by atoms with Crippen LogP contribution in [0.3, 0.4) is 0 Å². The summed E-state index contributed by atoms with van der Waals surface area (Å²) in [7, 11) is 3.97. The van der Waals surface area contributed by atoms with Crippen LogP contribution in [0.5, 0.6) is 0 Å². The summed E-state index contributed by atoms with van der Waals surface area (Å²) >= 11 is 0. The molecule has 5 nitrogen and oxygen atoms in total. The number of aromatic nitrogens is 2. The molecule has 1 heterocycles. The summed E-state index contributed by atoms with van der Waals surface area (Å²) in [6.07, 6.45) is 1.82. The van der Waals surface area contributed by atoms with Gasteiger partial charge in [0.25, 0.3) is 5.91 Å².